The second-order valence-corrected chi connectivity index (χ2v) is 4.08. The lowest BCUT2D eigenvalue weighted by Gasteiger charge is -2.15. The van der Waals surface area contributed by atoms with Crippen LogP contribution in [-0.4, -0.2) is 24.7 Å². The minimum absolute atomic E-state index is 0.0218. The van der Waals surface area contributed by atoms with Gasteiger partial charge in [-0.25, -0.2) is 0 Å². The Hall–Kier alpha value is -1.39. The number of carbonyl (C=O) groups excluding carboxylic acids is 1. The van der Waals surface area contributed by atoms with E-state index in [1.54, 1.807) is 0 Å². The van der Waals surface area contributed by atoms with Crippen LogP contribution in [0.2, 0.25) is 0 Å². The van der Waals surface area contributed by atoms with Crippen molar-refractivity contribution < 1.29 is 14.6 Å². The Morgan fingerprint density at radius 2 is 2.31 bits per heavy atom. The number of aryl methyl sites for hydroxylation is 1. The molecule has 0 aliphatic carbocycles. The summed E-state index contributed by atoms with van der Waals surface area (Å²) in [6, 6.07) is 3.85. The average Bonchev–Trinajstić information content (AvgIpc) is 2.57. The molecule has 1 aliphatic heterocycles. The molecule has 0 saturated heterocycles. The van der Waals surface area contributed by atoms with E-state index in [-0.39, 0.29) is 12.5 Å². The van der Waals surface area contributed by atoms with Crippen LogP contribution in [0, 0.1) is 6.92 Å². The number of aliphatic hydroxyl groups is 1. The predicted octanol–water partition coefficient (Wildman–Crippen LogP) is 1.17. The molecule has 1 aromatic rings. The highest BCUT2D eigenvalue weighted by atomic mass is 16.5. The van der Waals surface area contributed by atoms with Crippen LogP contribution in [0.5, 0.6) is 0 Å². The van der Waals surface area contributed by atoms with Gasteiger partial charge in [-0.05, 0) is 12.5 Å². The first-order valence-corrected chi connectivity index (χ1v) is 5.22. The SMILES string of the molecule is COCC(O)c1cc(C)cc2c1NC(=O)C2. The van der Waals surface area contributed by atoms with Crippen LogP contribution in [0.4, 0.5) is 5.69 Å². The van der Waals surface area contributed by atoms with Crippen molar-refractivity contribution in [1.82, 2.24) is 0 Å². The van der Waals surface area contributed by atoms with Crippen LogP contribution in [-0.2, 0) is 16.0 Å². The monoisotopic (exact) mass is 221 g/mol. The van der Waals surface area contributed by atoms with Crippen molar-refractivity contribution in [1.29, 1.82) is 0 Å². The van der Waals surface area contributed by atoms with Gasteiger partial charge in [0.05, 0.1) is 18.7 Å². The summed E-state index contributed by atoms with van der Waals surface area (Å²) in [6.07, 6.45) is -0.305. The van der Waals surface area contributed by atoms with E-state index < -0.39 is 6.10 Å². The number of aliphatic hydroxyl groups excluding tert-OH is 1. The third kappa shape index (κ3) is 1.94. The molecule has 86 valence electrons. The Balaban J connectivity index is 2.42. The van der Waals surface area contributed by atoms with E-state index in [4.69, 9.17) is 4.74 Å². The first kappa shape index (κ1) is 11.1. The van der Waals surface area contributed by atoms with Gasteiger partial charge in [0.25, 0.3) is 0 Å². The van der Waals surface area contributed by atoms with Gasteiger partial charge in [-0.15, -0.1) is 0 Å². The fourth-order valence-electron chi connectivity index (χ4n) is 2.05. The molecule has 0 saturated carbocycles. The maximum atomic E-state index is 11.3. The molecule has 0 fully saturated rings. The molecule has 1 unspecified atom stereocenters. The minimum atomic E-state index is -0.697. The van der Waals surface area contributed by atoms with E-state index in [2.05, 4.69) is 5.32 Å². The van der Waals surface area contributed by atoms with Crippen LogP contribution in [0.25, 0.3) is 0 Å². The quantitative estimate of drug-likeness (QED) is 0.805. The molecule has 16 heavy (non-hydrogen) atoms. The molecular weight excluding hydrogens is 206 g/mol. The number of hydrogen-bond acceptors (Lipinski definition) is 3. The number of hydrogen-bond donors (Lipinski definition) is 2. The van der Waals surface area contributed by atoms with Gasteiger partial charge in [0.15, 0.2) is 0 Å². The Labute approximate surface area is 94.2 Å². The number of fused-ring (bicyclic) bond motifs is 1. The topological polar surface area (TPSA) is 58.6 Å². The molecule has 1 heterocycles. The van der Waals surface area contributed by atoms with E-state index in [1.807, 2.05) is 19.1 Å². The first-order chi connectivity index (χ1) is 7.61. The number of carbonyl (C=O) groups is 1. The normalized spacial score (nSPS) is 15.8. The number of anilines is 1. The molecule has 2 N–H and O–H groups in total. The van der Waals surface area contributed by atoms with Gasteiger partial charge in [0.1, 0.15) is 6.10 Å². The van der Waals surface area contributed by atoms with Crippen molar-refractivity contribution in [2.45, 2.75) is 19.4 Å². The van der Waals surface area contributed by atoms with Gasteiger partial charge in [-0.1, -0.05) is 17.7 Å². The van der Waals surface area contributed by atoms with Crippen LogP contribution < -0.4 is 5.32 Å². The smallest absolute Gasteiger partial charge is 0.228 e. The molecule has 1 aromatic carbocycles. The largest absolute Gasteiger partial charge is 0.386 e. The zero-order chi connectivity index (χ0) is 11.7. The minimum Gasteiger partial charge on any atom is -0.386 e. The molecule has 0 aromatic heterocycles. The Morgan fingerprint density at radius 3 is 3.00 bits per heavy atom. The van der Waals surface area contributed by atoms with Crippen molar-refractivity contribution in [3.63, 3.8) is 0 Å². The van der Waals surface area contributed by atoms with Gasteiger partial charge in [0.2, 0.25) is 5.91 Å². The zero-order valence-corrected chi connectivity index (χ0v) is 9.41. The van der Waals surface area contributed by atoms with E-state index in [0.717, 1.165) is 22.4 Å². The highest BCUT2D eigenvalue weighted by Gasteiger charge is 2.24. The van der Waals surface area contributed by atoms with Crippen molar-refractivity contribution in [2.24, 2.45) is 0 Å². The first-order valence-electron chi connectivity index (χ1n) is 5.22. The summed E-state index contributed by atoms with van der Waals surface area (Å²) >= 11 is 0. The molecule has 4 nitrogen and oxygen atoms in total. The lowest BCUT2D eigenvalue weighted by molar-refractivity contribution is -0.115. The standard InChI is InChI=1S/C12H15NO3/c1-7-3-8-5-11(15)13-12(8)9(4-7)10(14)6-16-2/h3-4,10,14H,5-6H2,1-2H3,(H,13,15). The zero-order valence-electron chi connectivity index (χ0n) is 9.41. The van der Waals surface area contributed by atoms with Gasteiger partial charge in [0, 0.05) is 12.7 Å². The maximum absolute atomic E-state index is 11.3. The molecule has 2 rings (SSSR count). The van der Waals surface area contributed by atoms with Gasteiger partial charge >= 0.3 is 0 Å². The average molecular weight is 221 g/mol. The molecule has 1 aliphatic rings. The second-order valence-electron chi connectivity index (χ2n) is 4.08. The van der Waals surface area contributed by atoms with Crippen LogP contribution >= 0.6 is 0 Å². The molecule has 0 bridgehead atoms. The van der Waals surface area contributed by atoms with Gasteiger partial charge in [-0.3, -0.25) is 4.79 Å². The Bertz CT molecular complexity index is 429. The molecule has 1 atom stereocenters. The fourth-order valence-corrected chi connectivity index (χ4v) is 2.05. The summed E-state index contributed by atoms with van der Waals surface area (Å²) in [7, 11) is 1.54. The lowest BCUT2D eigenvalue weighted by atomic mass is 10.00. The van der Waals surface area contributed by atoms with E-state index in [9.17, 15) is 9.90 Å². The Morgan fingerprint density at radius 1 is 1.56 bits per heavy atom. The van der Waals surface area contributed by atoms with E-state index in [1.165, 1.54) is 7.11 Å². The fraction of sp³-hybridized carbons (Fsp3) is 0.417. The van der Waals surface area contributed by atoms with Crippen LogP contribution in [0.3, 0.4) is 0 Å². The summed E-state index contributed by atoms with van der Waals surface area (Å²) in [5.41, 5.74) is 3.48. The summed E-state index contributed by atoms with van der Waals surface area (Å²) in [5.74, 6) is -0.0218. The number of ether oxygens (including phenoxy) is 1. The highest BCUT2D eigenvalue weighted by Crippen LogP contribution is 2.32. The van der Waals surface area contributed by atoms with Crippen molar-refractivity contribution >= 4 is 11.6 Å². The Kier molecular flexibility index (Phi) is 2.94. The third-order valence-corrected chi connectivity index (χ3v) is 2.69. The molecule has 0 spiro atoms. The van der Waals surface area contributed by atoms with Crippen LogP contribution in [0.1, 0.15) is 22.8 Å². The molecule has 0 radical (unpaired) electrons. The number of nitrogens with one attached hydrogen (secondary N) is 1. The molecule has 4 heteroatoms. The number of benzene rings is 1. The summed E-state index contributed by atoms with van der Waals surface area (Å²) in [6.45, 7) is 2.18. The van der Waals surface area contributed by atoms with E-state index >= 15 is 0 Å². The van der Waals surface area contributed by atoms with Crippen LogP contribution in [0.15, 0.2) is 12.1 Å². The van der Waals surface area contributed by atoms with E-state index in [0.29, 0.717) is 6.42 Å². The maximum Gasteiger partial charge on any atom is 0.228 e. The van der Waals surface area contributed by atoms with Crippen molar-refractivity contribution in [3.05, 3.63) is 28.8 Å². The number of amides is 1. The molecular formula is C12H15NO3. The summed E-state index contributed by atoms with van der Waals surface area (Å²) < 4.78 is 4.92. The van der Waals surface area contributed by atoms with Crippen molar-refractivity contribution in [3.8, 4) is 0 Å². The summed E-state index contributed by atoms with van der Waals surface area (Å²) in [4.78, 5) is 11.3. The predicted molar refractivity (Wildman–Crippen MR) is 60.3 cm³/mol. The highest BCUT2D eigenvalue weighted by molar-refractivity contribution is 6.00. The van der Waals surface area contributed by atoms with Crippen molar-refractivity contribution in [2.75, 3.05) is 19.0 Å². The molecule has 1 amide bonds. The second kappa shape index (κ2) is 4.23. The number of rotatable bonds is 3. The van der Waals surface area contributed by atoms with Gasteiger partial charge in [-0.2, -0.15) is 0 Å². The third-order valence-electron chi connectivity index (χ3n) is 2.69. The number of methoxy groups -OCH3 is 1. The van der Waals surface area contributed by atoms with Gasteiger partial charge < -0.3 is 15.2 Å². The lowest BCUT2D eigenvalue weighted by Crippen LogP contribution is -2.10. The summed E-state index contributed by atoms with van der Waals surface area (Å²) in [5, 5.41) is 12.7.